The van der Waals surface area contributed by atoms with Crippen molar-refractivity contribution < 1.29 is 5.11 Å². The van der Waals surface area contributed by atoms with Crippen LogP contribution in [0.25, 0.3) is 11.0 Å². The number of hydrogen-bond donors (Lipinski definition) is 2. The van der Waals surface area contributed by atoms with Crippen molar-refractivity contribution in [2.24, 2.45) is 0 Å². The molecular weight excluding hydrogens is 228 g/mol. The highest BCUT2D eigenvalue weighted by Crippen LogP contribution is 2.25. The second kappa shape index (κ2) is 4.41. The fourth-order valence-corrected chi connectivity index (χ4v) is 2.57. The van der Waals surface area contributed by atoms with E-state index < -0.39 is 6.10 Å². The maximum absolute atomic E-state index is 10.0. The SMILES string of the molecule is N#CCc1nc2ccccc2n1C1CNCC1O. The van der Waals surface area contributed by atoms with Crippen molar-refractivity contribution in [1.82, 2.24) is 14.9 Å². The van der Waals surface area contributed by atoms with Crippen LogP contribution in [0.1, 0.15) is 11.9 Å². The van der Waals surface area contributed by atoms with E-state index in [4.69, 9.17) is 5.26 Å². The molecule has 2 atom stereocenters. The average Bonchev–Trinajstić information content (AvgIpc) is 2.93. The number of β-amino-alcohol motifs (C(OH)–C–C–N with tert-alkyl or cyclic N) is 1. The number of hydrogen-bond acceptors (Lipinski definition) is 4. The highest BCUT2D eigenvalue weighted by Gasteiger charge is 2.29. The average molecular weight is 242 g/mol. The predicted molar refractivity (Wildman–Crippen MR) is 67.0 cm³/mol. The number of aliphatic hydroxyl groups excluding tert-OH is 1. The first-order chi connectivity index (χ1) is 8.81. The van der Waals surface area contributed by atoms with Gasteiger partial charge in [0.15, 0.2) is 0 Å². The van der Waals surface area contributed by atoms with Crippen LogP contribution in [0, 0.1) is 11.3 Å². The van der Waals surface area contributed by atoms with Gasteiger partial charge in [-0.2, -0.15) is 5.26 Å². The molecule has 1 aliphatic rings. The lowest BCUT2D eigenvalue weighted by Gasteiger charge is -2.18. The maximum Gasteiger partial charge on any atom is 0.124 e. The lowest BCUT2D eigenvalue weighted by atomic mass is 10.2. The predicted octanol–water partition coefficient (Wildman–Crippen LogP) is 0.608. The van der Waals surface area contributed by atoms with E-state index in [9.17, 15) is 5.11 Å². The molecule has 0 saturated carbocycles. The van der Waals surface area contributed by atoms with Gasteiger partial charge in [-0.05, 0) is 12.1 Å². The summed E-state index contributed by atoms with van der Waals surface area (Å²) in [6.07, 6.45) is -0.169. The van der Waals surface area contributed by atoms with Gasteiger partial charge in [-0.15, -0.1) is 0 Å². The van der Waals surface area contributed by atoms with E-state index in [1.165, 1.54) is 0 Å². The Bertz CT molecular complexity index is 613. The summed E-state index contributed by atoms with van der Waals surface area (Å²) in [5, 5.41) is 22.1. The zero-order chi connectivity index (χ0) is 12.5. The van der Waals surface area contributed by atoms with Crippen molar-refractivity contribution >= 4 is 11.0 Å². The van der Waals surface area contributed by atoms with Gasteiger partial charge in [0.05, 0.1) is 35.7 Å². The topological polar surface area (TPSA) is 73.9 Å². The Morgan fingerprint density at radius 3 is 3.00 bits per heavy atom. The smallest absolute Gasteiger partial charge is 0.124 e. The lowest BCUT2D eigenvalue weighted by molar-refractivity contribution is 0.151. The number of aliphatic hydroxyl groups is 1. The fourth-order valence-electron chi connectivity index (χ4n) is 2.57. The Balaban J connectivity index is 2.18. The molecule has 1 aromatic heterocycles. The summed E-state index contributed by atoms with van der Waals surface area (Å²) in [4.78, 5) is 4.48. The number of imidazole rings is 1. The number of rotatable bonds is 2. The first kappa shape index (κ1) is 11.2. The van der Waals surface area contributed by atoms with Crippen LogP contribution in [0.4, 0.5) is 0 Å². The van der Waals surface area contributed by atoms with Gasteiger partial charge in [-0.1, -0.05) is 12.1 Å². The number of nitrogens with zero attached hydrogens (tertiary/aromatic N) is 3. The molecule has 1 fully saturated rings. The van der Waals surface area contributed by atoms with E-state index in [-0.39, 0.29) is 12.5 Å². The number of benzene rings is 1. The van der Waals surface area contributed by atoms with Crippen LogP contribution < -0.4 is 5.32 Å². The van der Waals surface area contributed by atoms with E-state index in [1.54, 1.807) is 0 Å². The van der Waals surface area contributed by atoms with E-state index in [1.807, 2.05) is 28.8 Å². The maximum atomic E-state index is 10.0. The summed E-state index contributed by atoms with van der Waals surface area (Å²) in [6, 6.07) is 9.89. The van der Waals surface area contributed by atoms with Crippen LogP contribution in [-0.4, -0.2) is 33.9 Å². The Hall–Kier alpha value is -1.90. The first-order valence-electron chi connectivity index (χ1n) is 6.03. The molecule has 0 radical (unpaired) electrons. The third-order valence-corrected chi connectivity index (χ3v) is 3.39. The monoisotopic (exact) mass is 242 g/mol. The molecule has 2 N–H and O–H groups in total. The van der Waals surface area contributed by atoms with Crippen molar-refractivity contribution in [3.63, 3.8) is 0 Å². The van der Waals surface area contributed by atoms with Gasteiger partial charge in [-0.25, -0.2) is 4.98 Å². The molecule has 2 heterocycles. The largest absolute Gasteiger partial charge is 0.390 e. The van der Waals surface area contributed by atoms with Crippen molar-refractivity contribution in [3.05, 3.63) is 30.1 Å². The standard InChI is InChI=1S/C13H14N4O/c14-6-5-13-16-9-3-1-2-4-10(9)17(13)11-7-15-8-12(11)18/h1-4,11-12,15,18H,5,7-8H2. The van der Waals surface area contributed by atoms with Crippen molar-refractivity contribution in [3.8, 4) is 6.07 Å². The number of fused-ring (bicyclic) bond motifs is 1. The van der Waals surface area contributed by atoms with Crippen molar-refractivity contribution in [1.29, 1.82) is 5.26 Å². The molecule has 3 rings (SSSR count). The lowest BCUT2D eigenvalue weighted by Crippen LogP contribution is -2.23. The molecule has 0 aliphatic carbocycles. The first-order valence-corrected chi connectivity index (χ1v) is 6.03. The third kappa shape index (κ3) is 1.67. The normalized spacial score (nSPS) is 23.3. The zero-order valence-corrected chi connectivity index (χ0v) is 9.87. The Labute approximate surface area is 105 Å². The molecule has 5 nitrogen and oxygen atoms in total. The quantitative estimate of drug-likeness (QED) is 0.809. The van der Waals surface area contributed by atoms with Crippen molar-refractivity contribution in [2.45, 2.75) is 18.6 Å². The van der Waals surface area contributed by atoms with E-state index in [0.29, 0.717) is 13.1 Å². The van der Waals surface area contributed by atoms with Gasteiger partial charge in [0.1, 0.15) is 5.82 Å². The Morgan fingerprint density at radius 1 is 1.44 bits per heavy atom. The molecule has 5 heteroatoms. The van der Waals surface area contributed by atoms with Gasteiger partial charge in [0.2, 0.25) is 0 Å². The molecule has 18 heavy (non-hydrogen) atoms. The van der Waals surface area contributed by atoms with Gasteiger partial charge >= 0.3 is 0 Å². The van der Waals surface area contributed by atoms with Crippen LogP contribution >= 0.6 is 0 Å². The molecule has 2 unspecified atom stereocenters. The molecule has 1 aliphatic heterocycles. The zero-order valence-electron chi connectivity index (χ0n) is 9.87. The highest BCUT2D eigenvalue weighted by atomic mass is 16.3. The van der Waals surface area contributed by atoms with Crippen molar-refractivity contribution in [2.75, 3.05) is 13.1 Å². The number of aromatic nitrogens is 2. The minimum atomic E-state index is -0.431. The van der Waals surface area contributed by atoms with E-state index in [2.05, 4.69) is 16.4 Å². The van der Waals surface area contributed by atoms with Crippen LogP contribution in [0.5, 0.6) is 0 Å². The molecule has 1 saturated heterocycles. The van der Waals surface area contributed by atoms with Gasteiger partial charge in [0.25, 0.3) is 0 Å². The van der Waals surface area contributed by atoms with Gasteiger partial charge in [0, 0.05) is 13.1 Å². The number of nitriles is 1. The molecule has 1 aromatic carbocycles. The second-order valence-electron chi connectivity index (χ2n) is 4.51. The number of para-hydroxylation sites is 2. The summed E-state index contributed by atoms with van der Waals surface area (Å²) in [5.74, 6) is 0.728. The fraction of sp³-hybridized carbons (Fsp3) is 0.385. The van der Waals surface area contributed by atoms with Gasteiger partial charge < -0.3 is 15.0 Å². The van der Waals surface area contributed by atoms with E-state index >= 15 is 0 Å². The second-order valence-corrected chi connectivity index (χ2v) is 4.51. The summed E-state index contributed by atoms with van der Waals surface area (Å²) in [5.41, 5.74) is 1.86. The summed E-state index contributed by atoms with van der Waals surface area (Å²) in [6.45, 7) is 1.29. The van der Waals surface area contributed by atoms with Crippen LogP contribution in [0.15, 0.2) is 24.3 Å². The Morgan fingerprint density at radius 2 is 2.28 bits per heavy atom. The summed E-state index contributed by atoms with van der Waals surface area (Å²) < 4.78 is 2.00. The minimum Gasteiger partial charge on any atom is -0.390 e. The van der Waals surface area contributed by atoms with Crippen LogP contribution in [0.3, 0.4) is 0 Å². The molecular formula is C13H14N4O. The van der Waals surface area contributed by atoms with Crippen LogP contribution in [0.2, 0.25) is 0 Å². The summed E-state index contributed by atoms with van der Waals surface area (Å²) >= 11 is 0. The molecule has 0 spiro atoms. The molecule has 0 amide bonds. The number of nitrogens with one attached hydrogen (secondary N) is 1. The highest BCUT2D eigenvalue weighted by molar-refractivity contribution is 5.76. The molecule has 0 bridgehead atoms. The van der Waals surface area contributed by atoms with Gasteiger partial charge in [-0.3, -0.25) is 0 Å². The third-order valence-electron chi connectivity index (χ3n) is 3.39. The van der Waals surface area contributed by atoms with E-state index in [0.717, 1.165) is 16.9 Å². The minimum absolute atomic E-state index is 0.0410. The molecule has 2 aromatic rings. The Kier molecular flexibility index (Phi) is 2.74. The summed E-state index contributed by atoms with van der Waals surface area (Å²) in [7, 11) is 0. The molecule has 92 valence electrons. The van der Waals surface area contributed by atoms with Crippen LogP contribution in [-0.2, 0) is 6.42 Å².